The summed E-state index contributed by atoms with van der Waals surface area (Å²) in [7, 11) is 0. The average molecular weight is 298 g/mol. The van der Waals surface area contributed by atoms with E-state index in [2.05, 4.69) is 15.6 Å². The molecule has 0 aliphatic heterocycles. The third kappa shape index (κ3) is 4.56. The molecule has 2 rings (SSSR count). The predicted octanol–water partition coefficient (Wildman–Crippen LogP) is 2.84. The van der Waals surface area contributed by atoms with Crippen LogP contribution in [0.4, 0.5) is 13.2 Å². The first-order valence-electron chi connectivity index (χ1n) is 6.63. The van der Waals surface area contributed by atoms with Gasteiger partial charge in [-0.15, -0.1) is 5.10 Å². The Labute approximate surface area is 121 Å². The minimum absolute atomic E-state index is 0.352. The number of hydrogen-bond donors (Lipinski definition) is 1. The Morgan fingerprint density at radius 1 is 1.19 bits per heavy atom. The summed E-state index contributed by atoms with van der Waals surface area (Å²) in [6.45, 7) is 5.08. The maximum atomic E-state index is 12.5. The smallest absolute Gasteiger partial charge is 0.309 e. The molecule has 4 nitrogen and oxygen atoms in total. The summed E-state index contributed by atoms with van der Waals surface area (Å²) in [5.74, 6) is 0. The van der Waals surface area contributed by atoms with Gasteiger partial charge in [0.1, 0.15) is 0 Å². The van der Waals surface area contributed by atoms with Crippen molar-refractivity contribution in [2.75, 3.05) is 0 Å². The molecule has 0 bridgehead atoms. The molecule has 0 fully saturated rings. The first kappa shape index (κ1) is 15.5. The molecule has 0 aliphatic carbocycles. The van der Waals surface area contributed by atoms with Gasteiger partial charge in [0.2, 0.25) is 0 Å². The number of aromatic nitrogens is 3. The second-order valence-electron chi connectivity index (χ2n) is 5.14. The Morgan fingerprint density at radius 3 is 2.43 bits per heavy atom. The van der Waals surface area contributed by atoms with E-state index in [4.69, 9.17) is 0 Å². The molecule has 1 aromatic carbocycles. The van der Waals surface area contributed by atoms with Crippen LogP contribution >= 0.6 is 0 Å². The lowest BCUT2D eigenvalue weighted by molar-refractivity contribution is -0.137. The molecule has 114 valence electrons. The maximum absolute atomic E-state index is 12.5. The number of rotatable bonds is 5. The SMILES string of the molecule is CC(C)NCc1cn(Cc2ccc(C(F)(F)F)cc2)nn1. The zero-order chi connectivity index (χ0) is 15.5. The molecule has 1 aromatic heterocycles. The number of halogens is 3. The molecule has 7 heteroatoms. The van der Waals surface area contributed by atoms with Crippen LogP contribution in [0.25, 0.3) is 0 Å². The average Bonchev–Trinajstić information content (AvgIpc) is 2.83. The molecule has 0 spiro atoms. The van der Waals surface area contributed by atoms with E-state index in [0.29, 0.717) is 19.1 Å². The van der Waals surface area contributed by atoms with E-state index in [9.17, 15) is 13.2 Å². The Balaban J connectivity index is 1.98. The van der Waals surface area contributed by atoms with E-state index in [0.717, 1.165) is 23.4 Å². The maximum Gasteiger partial charge on any atom is 0.416 e. The summed E-state index contributed by atoms with van der Waals surface area (Å²) < 4.78 is 39.0. The van der Waals surface area contributed by atoms with Crippen LogP contribution in [0, 0.1) is 0 Å². The van der Waals surface area contributed by atoms with Crippen molar-refractivity contribution in [3.05, 3.63) is 47.3 Å². The third-order valence-electron chi connectivity index (χ3n) is 2.90. The van der Waals surface area contributed by atoms with Crippen molar-refractivity contribution in [3.63, 3.8) is 0 Å². The van der Waals surface area contributed by atoms with Crippen molar-refractivity contribution in [1.82, 2.24) is 20.3 Å². The topological polar surface area (TPSA) is 42.7 Å². The van der Waals surface area contributed by atoms with Gasteiger partial charge in [-0.25, -0.2) is 4.68 Å². The predicted molar refractivity (Wildman–Crippen MR) is 72.5 cm³/mol. The third-order valence-corrected chi connectivity index (χ3v) is 2.90. The highest BCUT2D eigenvalue weighted by Gasteiger charge is 2.29. The lowest BCUT2D eigenvalue weighted by atomic mass is 10.1. The van der Waals surface area contributed by atoms with Crippen molar-refractivity contribution in [2.45, 2.75) is 39.2 Å². The van der Waals surface area contributed by atoms with E-state index >= 15 is 0 Å². The highest BCUT2D eigenvalue weighted by molar-refractivity contribution is 5.24. The molecule has 2 aromatic rings. The number of alkyl halides is 3. The Kier molecular flexibility index (Phi) is 4.62. The van der Waals surface area contributed by atoms with Crippen molar-refractivity contribution in [3.8, 4) is 0 Å². The van der Waals surface area contributed by atoms with Crippen LogP contribution in [0.15, 0.2) is 30.5 Å². The van der Waals surface area contributed by atoms with E-state index in [-0.39, 0.29) is 0 Å². The number of nitrogens with one attached hydrogen (secondary N) is 1. The zero-order valence-corrected chi connectivity index (χ0v) is 11.9. The molecule has 0 atom stereocenters. The second-order valence-corrected chi connectivity index (χ2v) is 5.14. The van der Waals surface area contributed by atoms with E-state index in [1.807, 2.05) is 13.8 Å². The zero-order valence-electron chi connectivity index (χ0n) is 11.9. The lowest BCUT2D eigenvalue weighted by Gasteiger charge is -2.07. The van der Waals surface area contributed by atoms with Gasteiger partial charge in [-0.1, -0.05) is 31.2 Å². The quantitative estimate of drug-likeness (QED) is 0.923. The molecule has 0 amide bonds. The number of hydrogen-bond acceptors (Lipinski definition) is 3. The van der Waals surface area contributed by atoms with Crippen LogP contribution in [0.1, 0.15) is 30.7 Å². The van der Waals surface area contributed by atoms with Gasteiger partial charge in [-0.2, -0.15) is 13.2 Å². The number of nitrogens with zero attached hydrogens (tertiary/aromatic N) is 3. The fourth-order valence-electron chi connectivity index (χ4n) is 1.79. The highest BCUT2D eigenvalue weighted by atomic mass is 19.4. The lowest BCUT2D eigenvalue weighted by Crippen LogP contribution is -2.21. The highest BCUT2D eigenvalue weighted by Crippen LogP contribution is 2.29. The monoisotopic (exact) mass is 298 g/mol. The summed E-state index contributed by atoms with van der Waals surface area (Å²) in [6, 6.07) is 5.42. The molecule has 0 saturated heterocycles. The van der Waals surface area contributed by atoms with E-state index < -0.39 is 11.7 Å². The van der Waals surface area contributed by atoms with Gasteiger partial charge in [-0.3, -0.25) is 0 Å². The summed E-state index contributed by atoms with van der Waals surface area (Å²) in [4.78, 5) is 0. The van der Waals surface area contributed by atoms with Crippen LogP contribution < -0.4 is 5.32 Å². The van der Waals surface area contributed by atoms with Crippen LogP contribution in [0.2, 0.25) is 0 Å². The minimum atomic E-state index is -4.30. The molecule has 1 heterocycles. The Bertz CT molecular complexity index is 573. The van der Waals surface area contributed by atoms with Crippen LogP contribution in [0.3, 0.4) is 0 Å². The van der Waals surface area contributed by atoms with E-state index in [1.54, 1.807) is 10.9 Å². The summed E-state index contributed by atoms with van der Waals surface area (Å²) in [5, 5.41) is 11.2. The molecular weight excluding hydrogens is 281 g/mol. The fourth-order valence-corrected chi connectivity index (χ4v) is 1.79. The van der Waals surface area contributed by atoms with Crippen molar-refractivity contribution in [2.24, 2.45) is 0 Å². The normalized spacial score (nSPS) is 12.1. The summed E-state index contributed by atoms with van der Waals surface area (Å²) >= 11 is 0. The van der Waals surface area contributed by atoms with Gasteiger partial charge < -0.3 is 5.32 Å². The largest absolute Gasteiger partial charge is 0.416 e. The molecule has 0 aliphatic rings. The number of benzene rings is 1. The Hall–Kier alpha value is -1.89. The van der Waals surface area contributed by atoms with Crippen molar-refractivity contribution >= 4 is 0 Å². The van der Waals surface area contributed by atoms with Gasteiger partial charge in [0.05, 0.1) is 24.0 Å². The van der Waals surface area contributed by atoms with Gasteiger partial charge in [0.15, 0.2) is 0 Å². The van der Waals surface area contributed by atoms with Gasteiger partial charge >= 0.3 is 6.18 Å². The first-order valence-corrected chi connectivity index (χ1v) is 6.63. The molecular formula is C14H17F3N4. The van der Waals surface area contributed by atoms with Crippen molar-refractivity contribution in [1.29, 1.82) is 0 Å². The van der Waals surface area contributed by atoms with Gasteiger partial charge in [-0.05, 0) is 17.7 Å². The van der Waals surface area contributed by atoms with Crippen molar-refractivity contribution < 1.29 is 13.2 Å². The minimum Gasteiger partial charge on any atom is -0.309 e. The standard InChI is InChI=1S/C14H17F3N4/c1-10(2)18-7-13-9-21(20-19-13)8-11-3-5-12(6-4-11)14(15,16)17/h3-6,9-10,18H,7-8H2,1-2H3. The molecule has 0 unspecified atom stereocenters. The molecule has 0 saturated carbocycles. The molecule has 0 radical (unpaired) electrons. The van der Waals surface area contributed by atoms with Crippen LogP contribution in [0.5, 0.6) is 0 Å². The molecule has 21 heavy (non-hydrogen) atoms. The summed E-state index contributed by atoms with van der Waals surface area (Å²) in [5.41, 5.74) is 0.901. The fraction of sp³-hybridized carbons (Fsp3) is 0.429. The van der Waals surface area contributed by atoms with Gasteiger partial charge in [0.25, 0.3) is 0 Å². The Morgan fingerprint density at radius 2 is 1.86 bits per heavy atom. The summed E-state index contributed by atoms with van der Waals surface area (Å²) in [6.07, 6.45) is -2.52. The van der Waals surface area contributed by atoms with Crippen LogP contribution in [-0.4, -0.2) is 21.0 Å². The van der Waals surface area contributed by atoms with Crippen LogP contribution in [-0.2, 0) is 19.3 Å². The van der Waals surface area contributed by atoms with Gasteiger partial charge in [0, 0.05) is 12.6 Å². The first-order chi connectivity index (χ1) is 9.84. The second kappa shape index (κ2) is 6.26. The van der Waals surface area contributed by atoms with E-state index in [1.165, 1.54) is 12.1 Å². The molecule has 1 N–H and O–H groups in total.